The van der Waals surface area contributed by atoms with Crippen LogP contribution in [0, 0.1) is 5.82 Å². The molecule has 0 saturated heterocycles. The van der Waals surface area contributed by atoms with Crippen molar-refractivity contribution in [2.45, 2.75) is 44.1 Å². The average molecular weight is 370 g/mol. The number of para-hydroxylation sites is 1. The summed E-state index contributed by atoms with van der Waals surface area (Å²) >= 11 is 0. The molecule has 1 amide bonds. The first-order valence-corrected chi connectivity index (χ1v) is 9.47. The van der Waals surface area contributed by atoms with E-state index in [4.69, 9.17) is 4.74 Å². The molecular weight excluding hydrogens is 343 g/mol. The smallest absolute Gasteiger partial charge is 0.241 e. The number of ether oxygens (including phenoxy) is 1. The highest BCUT2D eigenvalue weighted by Gasteiger charge is 2.36. The number of anilines is 1. The maximum absolute atomic E-state index is 13.8. The lowest BCUT2D eigenvalue weighted by atomic mass is 9.78. The number of methoxy groups -OCH3 is 1. The Balaban J connectivity index is 1.67. The summed E-state index contributed by atoms with van der Waals surface area (Å²) in [5, 5.41) is 6.02. The van der Waals surface area contributed by atoms with Gasteiger partial charge in [0.25, 0.3) is 0 Å². The number of carbonyl (C=O) groups is 1. The van der Waals surface area contributed by atoms with Gasteiger partial charge in [0.1, 0.15) is 11.6 Å². The van der Waals surface area contributed by atoms with E-state index < -0.39 is 11.9 Å². The molecule has 5 heteroatoms. The number of amides is 1. The summed E-state index contributed by atoms with van der Waals surface area (Å²) in [6.45, 7) is 2.51. The van der Waals surface area contributed by atoms with Gasteiger partial charge in [-0.1, -0.05) is 37.1 Å². The van der Waals surface area contributed by atoms with Gasteiger partial charge in [0.05, 0.1) is 18.8 Å². The van der Waals surface area contributed by atoms with Crippen LogP contribution in [0.15, 0.2) is 48.5 Å². The second kappa shape index (κ2) is 8.53. The van der Waals surface area contributed by atoms with Crippen LogP contribution in [0.4, 0.5) is 10.1 Å². The molecular formula is C22H27FN2O2. The summed E-state index contributed by atoms with van der Waals surface area (Å²) in [7, 11) is 1.67. The van der Waals surface area contributed by atoms with E-state index in [-0.39, 0.29) is 17.0 Å². The van der Waals surface area contributed by atoms with Crippen molar-refractivity contribution in [3.8, 4) is 5.75 Å². The zero-order valence-electron chi connectivity index (χ0n) is 15.9. The molecule has 0 heterocycles. The van der Waals surface area contributed by atoms with Crippen molar-refractivity contribution in [3.05, 3.63) is 59.9 Å². The predicted molar refractivity (Wildman–Crippen MR) is 106 cm³/mol. The minimum atomic E-state index is -0.429. The maximum atomic E-state index is 13.8. The Morgan fingerprint density at radius 3 is 2.63 bits per heavy atom. The number of halogens is 1. The van der Waals surface area contributed by atoms with Crippen molar-refractivity contribution < 1.29 is 13.9 Å². The van der Waals surface area contributed by atoms with Crippen LogP contribution in [0.2, 0.25) is 0 Å². The molecule has 1 aliphatic rings. The van der Waals surface area contributed by atoms with Crippen LogP contribution in [0.3, 0.4) is 0 Å². The summed E-state index contributed by atoms with van der Waals surface area (Å²) < 4.78 is 19.1. The molecule has 1 saturated carbocycles. The molecule has 2 aromatic rings. The minimum Gasteiger partial charge on any atom is -0.497 e. The second-order valence-electron chi connectivity index (χ2n) is 7.29. The van der Waals surface area contributed by atoms with Gasteiger partial charge in [0.2, 0.25) is 5.91 Å². The Labute approximate surface area is 160 Å². The van der Waals surface area contributed by atoms with Gasteiger partial charge < -0.3 is 15.4 Å². The third kappa shape index (κ3) is 4.48. The van der Waals surface area contributed by atoms with Gasteiger partial charge in [-0.2, -0.15) is 0 Å². The zero-order valence-corrected chi connectivity index (χ0v) is 15.9. The third-order valence-corrected chi connectivity index (χ3v) is 5.51. The molecule has 1 fully saturated rings. The SMILES string of the molecule is COc1cccc(C2(CNC(C)C(=O)Nc3ccccc3F)CCCC2)c1. The number of rotatable bonds is 7. The molecule has 27 heavy (non-hydrogen) atoms. The average Bonchev–Trinajstić information content (AvgIpc) is 3.18. The minimum absolute atomic E-state index is 0.00107. The standard InChI is InChI=1S/C22H27FN2O2/c1-16(21(26)25-20-11-4-3-10-19(20)23)24-15-22(12-5-6-13-22)17-8-7-9-18(14-17)27-2/h3-4,7-11,14,16,24H,5-6,12-13,15H2,1-2H3,(H,25,26). The van der Waals surface area contributed by atoms with Gasteiger partial charge in [-0.25, -0.2) is 4.39 Å². The van der Waals surface area contributed by atoms with E-state index in [1.807, 2.05) is 19.1 Å². The molecule has 0 spiro atoms. The monoisotopic (exact) mass is 370 g/mol. The number of carbonyl (C=O) groups excluding carboxylic acids is 1. The van der Waals surface area contributed by atoms with E-state index in [1.54, 1.807) is 25.3 Å². The Bertz CT molecular complexity index is 787. The highest BCUT2D eigenvalue weighted by Crippen LogP contribution is 2.41. The van der Waals surface area contributed by atoms with E-state index in [2.05, 4.69) is 22.8 Å². The highest BCUT2D eigenvalue weighted by atomic mass is 19.1. The van der Waals surface area contributed by atoms with Crippen molar-refractivity contribution in [2.75, 3.05) is 19.0 Å². The molecule has 1 aliphatic carbocycles. The molecule has 3 rings (SSSR count). The fourth-order valence-corrected chi connectivity index (χ4v) is 3.82. The molecule has 1 unspecified atom stereocenters. The highest BCUT2D eigenvalue weighted by molar-refractivity contribution is 5.94. The van der Waals surface area contributed by atoms with Crippen LogP contribution < -0.4 is 15.4 Å². The van der Waals surface area contributed by atoms with Gasteiger partial charge >= 0.3 is 0 Å². The fraction of sp³-hybridized carbons (Fsp3) is 0.409. The third-order valence-electron chi connectivity index (χ3n) is 5.51. The topological polar surface area (TPSA) is 50.4 Å². The van der Waals surface area contributed by atoms with Gasteiger partial charge in [0, 0.05) is 12.0 Å². The fourth-order valence-electron chi connectivity index (χ4n) is 3.82. The van der Waals surface area contributed by atoms with Crippen molar-refractivity contribution in [3.63, 3.8) is 0 Å². The number of benzene rings is 2. The summed E-state index contributed by atoms with van der Waals surface area (Å²) in [4.78, 5) is 12.5. The molecule has 0 bridgehead atoms. The number of hydrogen-bond acceptors (Lipinski definition) is 3. The molecule has 144 valence electrons. The lowest BCUT2D eigenvalue weighted by Gasteiger charge is -2.31. The van der Waals surface area contributed by atoms with Gasteiger partial charge in [-0.15, -0.1) is 0 Å². The van der Waals surface area contributed by atoms with Crippen molar-refractivity contribution in [1.29, 1.82) is 0 Å². The zero-order chi connectivity index (χ0) is 19.3. The Hall–Kier alpha value is -2.40. The summed E-state index contributed by atoms with van der Waals surface area (Å²) in [6, 6.07) is 14.0. The normalized spacial score (nSPS) is 16.7. The number of hydrogen-bond donors (Lipinski definition) is 2. The van der Waals surface area contributed by atoms with Crippen molar-refractivity contribution in [2.24, 2.45) is 0 Å². The van der Waals surface area contributed by atoms with E-state index in [1.165, 1.54) is 24.5 Å². The first kappa shape index (κ1) is 19.4. The van der Waals surface area contributed by atoms with Crippen LogP contribution in [0.1, 0.15) is 38.2 Å². The van der Waals surface area contributed by atoms with Crippen molar-refractivity contribution in [1.82, 2.24) is 5.32 Å². The molecule has 0 radical (unpaired) electrons. The second-order valence-corrected chi connectivity index (χ2v) is 7.29. The van der Waals surface area contributed by atoms with E-state index in [0.717, 1.165) is 18.6 Å². The van der Waals surface area contributed by atoms with Crippen LogP contribution in [-0.4, -0.2) is 25.6 Å². The van der Waals surface area contributed by atoms with Gasteiger partial charge in [-0.3, -0.25) is 4.79 Å². The van der Waals surface area contributed by atoms with Crippen LogP contribution in [0.25, 0.3) is 0 Å². The first-order chi connectivity index (χ1) is 13.0. The summed E-state index contributed by atoms with van der Waals surface area (Å²) in [6.07, 6.45) is 4.51. The molecule has 2 aromatic carbocycles. The quantitative estimate of drug-likeness (QED) is 0.766. The van der Waals surface area contributed by atoms with Crippen LogP contribution in [-0.2, 0) is 10.2 Å². The van der Waals surface area contributed by atoms with E-state index in [9.17, 15) is 9.18 Å². The molecule has 4 nitrogen and oxygen atoms in total. The van der Waals surface area contributed by atoms with Crippen LogP contribution in [0.5, 0.6) is 5.75 Å². The molecule has 1 atom stereocenters. The predicted octanol–water partition coefficient (Wildman–Crippen LogP) is 4.26. The van der Waals surface area contributed by atoms with E-state index in [0.29, 0.717) is 6.54 Å². The first-order valence-electron chi connectivity index (χ1n) is 9.47. The van der Waals surface area contributed by atoms with Gasteiger partial charge in [-0.05, 0) is 49.6 Å². The summed E-state index contributed by atoms with van der Waals surface area (Å²) in [5.74, 6) is 0.185. The lowest BCUT2D eigenvalue weighted by molar-refractivity contribution is -0.117. The summed E-state index contributed by atoms with van der Waals surface area (Å²) in [5.41, 5.74) is 1.45. The molecule has 0 aliphatic heterocycles. The Morgan fingerprint density at radius 2 is 1.93 bits per heavy atom. The molecule has 2 N–H and O–H groups in total. The van der Waals surface area contributed by atoms with E-state index >= 15 is 0 Å². The van der Waals surface area contributed by atoms with Crippen LogP contribution >= 0.6 is 0 Å². The maximum Gasteiger partial charge on any atom is 0.241 e. The largest absolute Gasteiger partial charge is 0.497 e. The number of nitrogens with one attached hydrogen (secondary N) is 2. The lowest BCUT2D eigenvalue weighted by Crippen LogP contribution is -2.45. The van der Waals surface area contributed by atoms with Crippen molar-refractivity contribution >= 4 is 11.6 Å². The molecule has 0 aromatic heterocycles. The Morgan fingerprint density at radius 1 is 1.19 bits per heavy atom. The van der Waals surface area contributed by atoms with Gasteiger partial charge in [0.15, 0.2) is 0 Å². The Kier molecular flexibility index (Phi) is 6.11.